The molecule has 0 spiro atoms. The summed E-state index contributed by atoms with van der Waals surface area (Å²) in [6.07, 6.45) is 1.99. The quantitative estimate of drug-likeness (QED) is 0.641. The Kier molecular flexibility index (Phi) is 3.36. The Balaban J connectivity index is 1.65. The third-order valence-electron chi connectivity index (χ3n) is 3.70. The van der Waals surface area contributed by atoms with Gasteiger partial charge in [-0.2, -0.15) is 0 Å². The molecular weight excluding hydrogens is 298 g/mol. The number of fused-ring (bicyclic) bond motifs is 3. The second-order valence-corrected chi connectivity index (χ2v) is 6.13. The van der Waals surface area contributed by atoms with Crippen LogP contribution in [0.25, 0.3) is 16.6 Å². The fourth-order valence-corrected chi connectivity index (χ4v) is 3.53. The van der Waals surface area contributed by atoms with Gasteiger partial charge >= 0.3 is 0 Å². The number of hydrogen-bond acceptors (Lipinski definition) is 5. The molecule has 6 nitrogen and oxygen atoms in total. The molecule has 1 unspecified atom stereocenters. The molecule has 0 radical (unpaired) electrons. The van der Waals surface area contributed by atoms with Crippen LogP contribution >= 0.6 is 11.8 Å². The maximum Gasteiger partial charge on any atom is 0.256 e. The molecule has 4 rings (SSSR count). The lowest BCUT2D eigenvalue weighted by molar-refractivity contribution is -0.121. The average molecular weight is 313 g/mol. The maximum absolute atomic E-state index is 12.1. The van der Waals surface area contributed by atoms with Gasteiger partial charge in [0.1, 0.15) is 0 Å². The number of nitrogens with one attached hydrogen (secondary N) is 3. The minimum absolute atomic E-state index is 0.0651. The van der Waals surface area contributed by atoms with Crippen molar-refractivity contribution in [3.63, 3.8) is 0 Å². The third kappa shape index (κ3) is 2.28. The first-order valence-corrected chi connectivity index (χ1v) is 8.21. The SMILES string of the molecule is O=C(NNc1nc2ccccc2n2cccc12)C1CSCN1. The number of hydrogen-bond donors (Lipinski definition) is 3. The van der Waals surface area contributed by atoms with Gasteiger partial charge in [-0.05, 0) is 24.3 Å². The van der Waals surface area contributed by atoms with Crippen molar-refractivity contribution in [2.45, 2.75) is 6.04 Å². The van der Waals surface area contributed by atoms with Crippen LogP contribution in [0, 0.1) is 0 Å². The van der Waals surface area contributed by atoms with Gasteiger partial charge in [0.25, 0.3) is 5.91 Å². The van der Waals surface area contributed by atoms with Crippen LogP contribution in [0.3, 0.4) is 0 Å². The molecule has 1 fully saturated rings. The summed E-state index contributed by atoms with van der Waals surface area (Å²) in [5.41, 5.74) is 8.54. The Hall–Kier alpha value is -2.25. The number of thioether (sulfide) groups is 1. The zero-order valence-electron chi connectivity index (χ0n) is 11.7. The molecule has 1 saturated heterocycles. The van der Waals surface area contributed by atoms with E-state index in [2.05, 4.69) is 25.6 Å². The van der Waals surface area contributed by atoms with Gasteiger partial charge in [-0.1, -0.05) is 12.1 Å². The molecule has 0 aliphatic carbocycles. The lowest BCUT2D eigenvalue weighted by Crippen LogP contribution is -2.44. The van der Waals surface area contributed by atoms with Crippen molar-refractivity contribution in [2.24, 2.45) is 0 Å². The number of aromatic nitrogens is 2. The van der Waals surface area contributed by atoms with Crippen molar-refractivity contribution in [1.29, 1.82) is 0 Å². The van der Waals surface area contributed by atoms with E-state index in [0.29, 0.717) is 5.82 Å². The number of carbonyl (C=O) groups excluding carboxylic acids is 1. The van der Waals surface area contributed by atoms with Crippen LogP contribution in [-0.4, -0.2) is 33.0 Å². The highest BCUT2D eigenvalue weighted by atomic mass is 32.2. The normalized spacial score (nSPS) is 17.9. The Morgan fingerprint density at radius 3 is 3.00 bits per heavy atom. The number of benzene rings is 1. The summed E-state index contributed by atoms with van der Waals surface area (Å²) in [7, 11) is 0. The first kappa shape index (κ1) is 13.4. The zero-order chi connectivity index (χ0) is 14.9. The zero-order valence-corrected chi connectivity index (χ0v) is 12.6. The van der Waals surface area contributed by atoms with E-state index >= 15 is 0 Å². The van der Waals surface area contributed by atoms with Crippen molar-refractivity contribution in [1.82, 2.24) is 20.1 Å². The van der Waals surface area contributed by atoms with E-state index in [1.165, 1.54) is 0 Å². The monoisotopic (exact) mass is 313 g/mol. The Morgan fingerprint density at radius 2 is 2.14 bits per heavy atom. The van der Waals surface area contributed by atoms with Crippen molar-refractivity contribution in [3.05, 3.63) is 42.6 Å². The summed E-state index contributed by atoms with van der Waals surface area (Å²) in [5.74, 6) is 2.18. The molecule has 1 aromatic carbocycles. The second-order valence-electron chi connectivity index (χ2n) is 5.10. The molecule has 3 aromatic rings. The van der Waals surface area contributed by atoms with E-state index in [-0.39, 0.29) is 11.9 Å². The van der Waals surface area contributed by atoms with Gasteiger partial charge in [0, 0.05) is 17.8 Å². The Morgan fingerprint density at radius 1 is 1.27 bits per heavy atom. The van der Waals surface area contributed by atoms with Crippen molar-refractivity contribution in [3.8, 4) is 0 Å². The van der Waals surface area contributed by atoms with Gasteiger partial charge in [-0.3, -0.25) is 21.0 Å². The first-order valence-electron chi connectivity index (χ1n) is 7.06. The van der Waals surface area contributed by atoms with Crippen LogP contribution in [-0.2, 0) is 4.79 Å². The molecule has 1 aliphatic rings. The van der Waals surface area contributed by atoms with Crippen LogP contribution in [0.4, 0.5) is 5.82 Å². The summed E-state index contributed by atoms with van der Waals surface area (Å²) >= 11 is 1.72. The maximum atomic E-state index is 12.1. The molecule has 7 heteroatoms. The van der Waals surface area contributed by atoms with E-state index in [1.54, 1.807) is 11.8 Å². The van der Waals surface area contributed by atoms with Crippen LogP contribution in [0.1, 0.15) is 0 Å². The van der Waals surface area contributed by atoms with Crippen molar-refractivity contribution >= 4 is 40.0 Å². The number of nitrogens with zero attached hydrogens (tertiary/aromatic N) is 2. The predicted octanol–water partition coefficient (Wildman–Crippen LogP) is 1.59. The lowest BCUT2D eigenvalue weighted by atomic mass is 10.3. The molecule has 3 heterocycles. The number of para-hydroxylation sites is 2. The summed E-state index contributed by atoms with van der Waals surface area (Å²) in [6.45, 7) is 0. The Bertz CT molecular complexity index is 840. The van der Waals surface area contributed by atoms with Gasteiger partial charge in [0.2, 0.25) is 0 Å². The Labute approximate surface area is 131 Å². The molecule has 1 aliphatic heterocycles. The lowest BCUT2D eigenvalue weighted by Gasteiger charge is -2.14. The number of rotatable bonds is 3. The summed E-state index contributed by atoms with van der Waals surface area (Å²) < 4.78 is 2.06. The second kappa shape index (κ2) is 5.51. The molecule has 3 N–H and O–H groups in total. The van der Waals surface area contributed by atoms with Gasteiger partial charge in [0.05, 0.1) is 22.6 Å². The summed E-state index contributed by atoms with van der Waals surface area (Å²) in [5, 5.41) is 3.14. The van der Waals surface area contributed by atoms with Gasteiger partial charge < -0.3 is 4.40 Å². The number of amides is 1. The molecular formula is C15H15N5OS. The number of anilines is 1. The minimum atomic E-state index is -0.152. The van der Waals surface area contributed by atoms with E-state index in [4.69, 9.17) is 0 Å². The van der Waals surface area contributed by atoms with E-state index in [0.717, 1.165) is 28.2 Å². The molecule has 0 bridgehead atoms. The first-order chi connectivity index (χ1) is 10.8. The minimum Gasteiger partial charge on any atom is -0.312 e. The van der Waals surface area contributed by atoms with Gasteiger partial charge in [-0.15, -0.1) is 11.8 Å². The van der Waals surface area contributed by atoms with E-state index in [9.17, 15) is 4.79 Å². The summed E-state index contributed by atoms with van der Waals surface area (Å²) in [4.78, 5) is 16.7. The van der Waals surface area contributed by atoms with E-state index in [1.807, 2.05) is 42.6 Å². The molecule has 22 heavy (non-hydrogen) atoms. The molecule has 112 valence electrons. The van der Waals surface area contributed by atoms with Crippen molar-refractivity contribution < 1.29 is 4.79 Å². The molecule has 0 saturated carbocycles. The standard InChI is InChI=1S/C15H15N5OS/c21-15(11-8-22-9-16-11)19-18-14-13-6-3-7-20(13)12-5-2-1-4-10(12)17-14/h1-7,11,16H,8-9H2,(H,17,18)(H,19,21). The highest BCUT2D eigenvalue weighted by Crippen LogP contribution is 2.21. The molecule has 1 atom stereocenters. The van der Waals surface area contributed by atoms with Gasteiger partial charge in [0.15, 0.2) is 5.82 Å². The topological polar surface area (TPSA) is 70.5 Å². The molecule has 1 amide bonds. The molecule has 2 aromatic heterocycles. The van der Waals surface area contributed by atoms with Gasteiger partial charge in [-0.25, -0.2) is 4.98 Å². The van der Waals surface area contributed by atoms with E-state index < -0.39 is 0 Å². The van der Waals surface area contributed by atoms with Crippen LogP contribution < -0.4 is 16.2 Å². The highest BCUT2D eigenvalue weighted by molar-refractivity contribution is 7.99. The fourth-order valence-electron chi connectivity index (χ4n) is 2.59. The van der Waals surface area contributed by atoms with Crippen LogP contribution in [0.5, 0.6) is 0 Å². The number of carbonyl (C=O) groups is 1. The van der Waals surface area contributed by atoms with Crippen LogP contribution in [0.2, 0.25) is 0 Å². The fraction of sp³-hybridized carbons (Fsp3) is 0.200. The largest absolute Gasteiger partial charge is 0.312 e. The average Bonchev–Trinajstić information content (AvgIpc) is 3.23. The van der Waals surface area contributed by atoms with Crippen molar-refractivity contribution in [2.75, 3.05) is 17.1 Å². The smallest absolute Gasteiger partial charge is 0.256 e. The number of hydrazine groups is 1. The third-order valence-corrected chi connectivity index (χ3v) is 4.64. The summed E-state index contributed by atoms with van der Waals surface area (Å²) in [6, 6.07) is 11.7. The van der Waals surface area contributed by atoms with Crippen LogP contribution in [0.15, 0.2) is 42.6 Å². The predicted molar refractivity (Wildman–Crippen MR) is 88.7 cm³/mol. The highest BCUT2D eigenvalue weighted by Gasteiger charge is 2.22.